The van der Waals surface area contributed by atoms with E-state index in [0.717, 1.165) is 34.7 Å². The molecule has 0 atom stereocenters. The van der Waals surface area contributed by atoms with E-state index in [9.17, 15) is 5.11 Å². The summed E-state index contributed by atoms with van der Waals surface area (Å²) in [5.41, 5.74) is 9.33. The van der Waals surface area contributed by atoms with Crippen LogP contribution in [0.15, 0.2) is 23.6 Å². The average molecular weight is 288 g/mol. The lowest BCUT2D eigenvalue weighted by molar-refractivity contribution is 0.266. The molecular formula is C14H16N4OS. The standard InChI is InChI=1S/C14H16N4OS/c1-9-8-20-14(16-9)4-5-18-12-3-2-10(15)6-11(12)17-13(18)7-19/h2-3,6,8,19H,4-5,7,15H2,1H3. The third kappa shape index (κ3) is 2.39. The van der Waals surface area contributed by atoms with Gasteiger partial charge in [-0.2, -0.15) is 0 Å². The summed E-state index contributed by atoms with van der Waals surface area (Å²) in [7, 11) is 0. The highest BCUT2D eigenvalue weighted by Crippen LogP contribution is 2.20. The molecule has 3 N–H and O–H groups in total. The number of nitrogens with zero attached hydrogens (tertiary/aromatic N) is 3. The topological polar surface area (TPSA) is 77.0 Å². The smallest absolute Gasteiger partial charge is 0.135 e. The van der Waals surface area contributed by atoms with Gasteiger partial charge in [0.2, 0.25) is 0 Å². The number of aryl methyl sites for hydroxylation is 3. The van der Waals surface area contributed by atoms with Crippen LogP contribution < -0.4 is 5.73 Å². The van der Waals surface area contributed by atoms with E-state index in [1.54, 1.807) is 11.3 Å². The molecule has 3 rings (SSSR count). The molecular weight excluding hydrogens is 272 g/mol. The van der Waals surface area contributed by atoms with E-state index in [2.05, 4.69) is 15.3 Å². The molecule has 0 radical (unpaired) electrons. The summed E-state index contributed by atoms with van der Waals surface area (Å²) in [6.45, 7) is 2.67. The maximum atomic E-state index is 9.46. The van der Waals surface area contributed by atoms with Crippen LogP contribution in [0.4, 0.5) is 5.69 Å². The number of thiazole rings is 1. The molecule has 0 aliphatic rings. The monoisotopic (exact) mass is 288 g/mol. The van der Waals surface area contributed by atoms with Crippen molar-refractivity contribution in [3.05, 3.63) is 40.1 Å². The van der Waals surface area contributed by atoms with Crippen molar-refractivity contribution in [2.24, 2.45) is 0 Å². The highest BCUT2D eigenvalue weighted by atomic mass is 32.1. The Bertz CT molecular complexity index is 747. The van der Waals surface area contributed by atoms with Crippen LogP contribution in [0.5, 0.6) is 0 Å². The van der Waals surface area contributed by atoms with Crippen LogP contribution >= 0.6 is 11.3 Å². The molecule has 0 fully saturated rings. The summed E-state index contributed by atoms with van der Waals surface area (Å²) >= 11 is 1.67. The summed E-state index contributed by atoms with van der Waals surface area (Å²) in [5, 5.41) is 12.6. The molecule has 5 nitrogen and oxygen atoms in total. The van der Waals surface area contributed by atoms with Gasteiger partial charge < -0.3 is 15.4 Å². The molecule has 0 aliphatic carbocycles. The fourth-order valence-electron chi connectivity index (χ4n) is 2.29. The number of hydrogen-bond acceptors (Lipinski definition) is 5. The molecule has 2 heterocycles. The van der Waals surface area contributed by atoms with E-state index in [1.165, 1.54) is 0 Å². The fourth-order valence-corrected chi connectivity index (χ4v) is 3.06. The van der Waals surface area contributed by atoms with Crippen molar-refractivity contribution >= 4 is 28.1 Å². The van der Waals surface area contributed by atoms with Crippen LogP contribution in [0.2, 0.25) is 0 Å². The highest BCUT2D eigenvalue weighted by molar-refractivity contribution is 7.09. The van der Waals surface area contributed by atoms with Gasteiger partial charge in [-0.3, -0.25) is 0 Å². The minimum atomic E-state index is -0.0779. The number of rotatable bonds is 4. The molecule has 3 aromatic rings. The Labute approximate surface area is 120 Å². The molecule has 104 valence electrons. The molecule has 0 aliphatic heterocycles. The van der Waals surface area contributed by atoms with Crippen molar-refractivity contribution < 1.29 is 5.11 Å². The summed E-state index contributed by atoms with van der Waals surface area (Å²) in [6.07, 6.45) is 0.835. The van der Waals surface area contributed by atoms with Crippen LogP contribution in [-0.4, -0.2) is 19.6 Å². The maximum absolute atomic E-state index is 9.46. The van der Waals surface area contributed by atoms with Gasteiger partial charge >= 0.3 is 0 Å². The van der Waals surface area contributed by atoms with E-state index in [1.807, 2.05) is 29.7 Å². The third-order valence-electron chi connectivity index (χ3n) is 3.21. The van der Waals surface area contributed by atoms with Crippen LogP contribution in [0.1, 0.15) is 16.5 Å². The molecule has 6 heteroatoms. The molecule has 2 aromatic heterocycles. The molecule has 0 spiro atoms. The van der Waals surface area contributed by atoms with E-state index in [0.29, 0.717) is 11.5 Å². The number of fused-ring (bicyclic) bond motifs is 1. The van der Waals surface area contributed by atoms with E-state index < -0.39 is 0 Å². The fraction of sp³-hybridized carbons (Fsp3) is 0.286. The number of hydrogen-bond donors (Lipinski definition) is 2. The van der Waals surface area contributed by atoms with Crippen molar-refractivity contribution in [1.29, 1.82) is 0 Å². The van der Waals surface area contributed by atoms with Crippen molar-refractivity contribution in [2.75, 3.05) is 5.73 Å². The van der Waals surface area contributed by atoms with Gasteiger partial charge in [0.15, 0.2) is 0 Å². The lowest BCUT2D eigenvalue weighted by Crippen LogP contribution is -2.06. The van der Waals surface area contributed by atoms with Crippen molar-refractivity contribution in [3.8, 4) is 0 Å². The largest absolute Gasteiger partial charge is 0.399 e. The highest BCUT2D eigenvalue weighted by Gasteiger charge is 2.10. The molecule has 0 unspecified atom stereocenters. The molecule has 0 amide bonds. The van der Waals surface area contributed by atoms with Crippen molar-refractivity contribution in [2.45, 2.75) is 26.5 Å². The minimum Gasteiger partial charge on any atom is -0.399 e. The number of nitrogens with two attached hydrogens (primary N) is 1. The Morgan fingerprint density at radius 3 is 2.90 bits per heavy atom. The minimum absolute atomic E-state index is 0.0779. The number of anilines is 1. The Morgan fingerprint density at radius 2 is 2.20 bits per heavy atom. The molecule has 0 saturated heterocycles. The van der Waals surface area contributed by atoms with Gasteiger partial charge in [-0.1, -0.05) is 0 Å². The first kappa shape index (κ1) is 13.1. The van der Waals surface area contributed by atoms with Crippen LogP contribution in [-0.2, 0) is 19.6 Å². The van der Waals surface area contributed by atoms with E-state index >= 15 is 0 Å². The zero-order valence-corrected chi connectivity index (χ0v) is 12.0. The zero-order valence-electron chi connectivity index (χ0n) is 11.2. The van der Waals surface area contributed by atoms with Gasteiger partial charge in [-0.05, 0) is 25.1 Å². The number of nitrogen functional groups attached to an aromatic ring is 1. The second kappa shape index (κ2) is 5.22. The van der Waals surface area contributed by atoms with E-state index in [-0.39, 0.29) is 6.61 Å². The van der Waals surface area contributed by atoms with Crippen LogP contribution in [0.3, 0.4) is 0 Å². The number of aromatic nitrogens is 3. The van der Waals surface area contributed by atoms with Crippen molar-refractivity contribution in [3.63, 3.8) is 0 Å². The van der Waals surface area contributed by atoms with Gasteiger partial charge in [-0.15, -0.1) is 11.3 Å². The predicted octanol–water partition coefficient (Wildman–Crippen LogP) is 2.12. The average Bonchev–Trinajstić information content (AvgIpc) is 2.99. The van der Waals surface area contributed by atoms with Gasteiger partial charge in [0.05, 0.1) is 16.0 Å². The van der Waals surface area contributed by atoms with Gasteiger partial charge in [0.25, 0.3) is 0 Å². The van der Waals surface area contributed by atoms with Crippen molar-refractivity contribution in [1.82, 2.24) is 14.5 Å². The number of imidazole rings is 1. The first-order valence-electron chi connectivity index (χ1n) is 6.44. The third-order valence-corrected chi connectivity index (χ3v) is 4.24. The summed E-state index contributed by atoms with van der Waals surface area (Å²) < 4.78 is 2.03. The first-order valence-corrected chi connectivity index (χ1v) is 7.32. The predicted molar refractivity (Wildman–Crippen MR) is 80.6 cm³/mol. The van der Waals surface area contributed by atoms with Crippen LogP contribution in [0.25, 0.3) is 11.0 Å². The number of aliphatic hydroxyl groups is 1. The van der Waals surface area contributed by atoms with Gasteiger partial charge in [0.1, 0.15) is 12.4 Å². The second-order valence-corrected chi connectivity index (χ2v) is 5.66. The molecule has 20 heavy (non-hydrogen) atoms. The van der Waals surface area contributed by atoms with Crippen LogP contribution in [0, 0.1) is 6.92 Å². The lowest BCUT2D eigenvalue weighted by Gasteiger charge is -2.06. The summed E-state index contributed by atoms with van der Waals surface area (Å²) in [4.78, 5) is 8.89. The SMILES string of the molecule is Cc1csc(CCn2c(CO)nc3cc(N)ccc32)n1. The first-order chi connectivity index (χ1) is 9.67. The Balaban J connectivity index is 1.93. The quantitative estimate of drug-likeness (QED) is 0.721. The summed E-state index contributed by atoms with van der Waals surface area (Å²) in [6, 6.07) is 5.64. The Hall–Kier alpha value is -1.92. The number of benzene rings is 1. The normalized spacial score (nSPS) is 11.3. The zero-order chi connectivity index (χ0) is 14.1. The maximum Gasteiger partial charge on any atom is 0.135 e. The number of aliphatic hydroxyl groups excluding tert-OH is 1. The van der Waals surface area contributed by atoms with E-state index in [4.69, 9.17) is 5.73 Å². The molecule has 0 bridgehead atoms. The van der Waals surface area contributed by atoms with Gasteiger partial charge in [0, 0.05) is 29.7 Å². The Morgan fingerprint density at radius 1 is 1.35 bits per heavy atom. The molecule has 1 aromatic carbocycles. The summed E-state index contributed by atoms with van der Waals surface area (Å²) in [5.74, 6) is 0.666. The second-order valence-electron chi connectivity index (χ2n) is 4.72. The van der Waals surface area contributed by atoms with Gasteiger partial charge in [-0.25, -0.2) is 9.97 Å². The Kier molecular flexibility index (Phi) is 3.42. The molecule has 0 saturated carbocycles. The lowest BCUT2D eigenvalue weighted by atomic mass is 10.3.